The number of fused-ring (bicyclic) bond motifs is 1. The second-order valence-corrected chi connectivity index (χ2v) is 7.93. The van der Waals surface area contributed by atoms with E-state index in [4.69, 9.17) is 0 Å². The van der Waals surface area contributed by atoms with Gasteiger partial charge in [0.25, 0.3) is 11.5 Å². The first kappa shape index (κ1) is 21.4. The Morgan fingerprint density at radius 3 is 2.47 bits per heavy atom. The predicted molar refractivity (Wildman–Crippen MR) is 128 cm³/mol. The van der Waals surface area contributed by atoms with Crippen molar-refractivity contribution in [3.63, 3.8) is 0 Å². The highest BCUT2D eigenvalue weighted by Crippen LogP contribution is 2.34. The molecule has 9 heteroatoms. The molecule has 0 spiro atoms. The molecule has 0 fully saturated rings. The number of aliphatic imine (C=N–C) groups is 2. The average molecular weight is 457 g/mol. The highest BCUT2D eigenvalue weighted by Gasteiger charge is 2.34. The van der Waals surface area contributed by atoms with Crippen molar-refractivity contribution in [2.24, 2.45) is 9.98 Å². The van der Waals surface area contributed by atoms with Crippen LogP contribution in [0.3, 0.4) is 0 Å². The lowest BCUT2D eigenvalue weighted by Gasteiger charge is -2.29. The Morgan fingerprint density at radius 1 is 1.00 bits per heavy atom. The topological polar surface area (TPSA) is 96.1 Å². The summed E-state index contributed by atoms with van der Waals surface area (Å²) in [6.45, 7) is 0.106. The van der Waals surface area contributed by atoms with Crippen LogP contribution in [0.1, 0.15) is 39.3 Å². The van der Waals surface area contributed by atoms with Crippen molar-refractivity contribution >= 4 is 35.7 Å². The number of amides is 1. The van der Waals surface area contributed by atoms with Gasteiger partial charge in [0.15, 0.2) is 5.78 Å². The minimum absolute atomic E-state index is 0.106. The van der Waals surface area contributed by atoms with E-state index in [2.05, 4.69) is 15.3 Å². The molecule has 0 atom stereocenters. The van der Waals surface area contributed by atoms with Gasteiger partial charge in [0.2, 0.25) is 0 Å². The molecule has 0 radical (unpaired) electrons. The number of hydrogen-bond acceptors (Lipinski definition) is 6. The molecule has 170 valence electrons. The van der Waals surface area contributed by atoms with Gasteiger partial charge >= 0.3 is 0 Å². The summed E-state index contributed by atoms with van der Waals surface area (Å²) >= 11 is 0. The SMILES string of the molecule is O=C1CCCc2c1c(N1C=NC=NC1)c(C(=O)Nc1ccccc1)c(=O)n2-c1ccc(F)cc1. The standard InChI is InChI=1S/C25H20FN5O3/c26-16-9-11-18(12-10-16)31-19-7-4-8-20(32)21(19)23(30-14-27-13-28-15-30)22(25(31)34)24(33)29-17-5-2-1-3-6-17/h1-3,5-6,9-14H,4,7-8,15H2,(H,29,33). The number of anilines is 2. The van der Waals surface area contributed by atoms with Crippen LogP contribution in [0, 0.1) is 5.82 Å². The summed E-state index contributed by atoms with van der Waals surface area (Å²) in [5, 5.41) is 2.75. The van der Waals surface area contributed by atoms with Gasteiger partial charge in [0, 0.05) is 23.5 Å². The molecule has 0 saturated carbocycles. The second kappa shape index (κ2) is 8.86. The molecule has 34 heavy (non-hydrogen) atoms. The Hall–Kier alpha value is -4.40. The van der Waals surface area contributed by atoms with E-state index in [0.717, 1.165) is 0 Å². The van der Waals surface area contributed by atoms with Gasteiger partial charge in [0.1, 0.15) is 24.4 Å². The number of pyridine rings is 1. The van der Waals surface area contributed by atoms with Crippen LogP contribution < -0.4 is 15.8 Å². The summed E-state index contributed by atoms with van der Waals surface area (Å²) in [6.07, 6.45) is 4.12. The molecule has 8 nitrogen and oxygen atoms in total. The van der Waals surface area contributed by atoms with E-state index in [1.165, 1.54) is 41.5 Å². The normalized spacial score (nSPS) is 14.7. The average Bonchev–Trinajstić information content (AvgIpc) is 2.85. The molecule has 1 aliphatic carbocycles. The molecule has 2 heterocycles. The largest absolute Gasteiger partial charge is 0.322 e. The summed E-state index contributed by atoms with van der Waals surface area (Å²) in [5.74, 6) is -1.29. The van der Waals surface area contributed by atoms with Gasteiger partial charge in [-0.1, -0.05) is 18.2 Å². The molecule has 0 saturated heterocycles. The Labute approximate surface area is 194 Å². The first-order valence-electron chi connectivity index (χ1n) is 10.8. The monoisotopic (exact) mass is 457 g/mol. The van der Waals surface area contributed by atoms with Gasteiger partial charge in [-0.2, -0.15) is 0 Å². The molecule has 1 aliphatic heterocycles. The van der Waals surface area contributed by atoms with Crippen LogP contribution in [0.5, 0.6) is 0 Å². The number of benzene rings is 2. The number of carbonyl (C=O) groups is 2. The Bertz CT molecular complexity index is 1390. The molecule has 2 aromatic carbocycles. The zero-order valence-corrected chi connectivity index (χ0v) is 18.1. The Balaban J connectivity index is 1.80. The molecule has 0 unspecified atom stereocenters. The number of rotatable bonds is 4. The van der Waals surface area contributed by atoms with Gasteiger partial charge in [-0.15, -0.1) is 0 Å². The molecular weight excluding hydrogens is 437 g/mol. The molecule has 0 bridgehead atoms. The van der Waals surface area contributed by atoms with Crippen LogP contribution in [0.2, 0.25) is 0 Å². The Morgan fingerprint density at radius 2 is 1.76 bits per heavy atom. The van der Waals surface area contributed by atoms with Crippen molar-refractivity contribution in [3.8, 4) is 5.69 Å². The van der Waals surface area contributed by atoms with Crippen LogP contribution in [0.15, 0.2) is 69.4 Å². The van der Waals surface area contributed by atoms with Gasteiger partial charge < -0.3 is 10.2 Å². The van der Waals surface area contributed by atoms with E-state index < -0.39 is 17.3 Å². The van der Waals surface area contributed by atoms with Crippen LogP contribution in [0.25, 0.3) is 5.69 Å². The van der Waals surface area contributed by atoms with E-state index in [1.807, 2.05) is 6.07 Å². The number of aromatic nitrogens is 1. The zero-order valence-electron chi connectivity index (χ0n) is 18.1. The highest BCUT2D eigenvalue weighted by atomic mass is 19.1. The predicted octanol–water partition coefficient (Wildman–Crippen LogP) is 3.58. The van der Waals surface area contributed by atoms with Crippen molar-refractivity contribution in [2.45, 2.75) is 19.3 Å². The van der Waals surface area contributed by atoms with Crippen molar-refractivity contribution in [1.29, 1.82) is 0 Å². The molecule has 5 rings (SSSR count). The summed E-state index contributed by atoms with van der Waals surface area (Å²) in [6, 6.07) is 14.1. The van der Waals surface area contributed by atoms with Gasteiger partial charge in [-0.3, -0.25) is 23.9 Å². The lowest BCUT2D eigenvalue weighted by Crippen LogP contribution is -2.39. The zero-order chi connectivity index (χ0) is 23.7. The van der Waals surface area contributed by atoms with E-state index in [9.17, 15) is 18.8 Å². The third-order valence-corrected chi connectivity index (χ3v) is 5.76. The highest BCUT2D eigenvalue weighted by molar-refractivity contribution is 6.15. The van der Waals surface area contributed by atoms with Gasteiger partial charge in [-0.05, 0) is 49.2 Å². The molecular formula is C25H20FN5O3. The minimum atomic E-state index is -0.661. The van der Waals surface area contributed by atoms with E-state index in [0.29, 0.717) is 29.9 Å². The van der Waals surface area contributed by atoms with E-state index >= 15 is 0 Å². The van der Waals surface area contributed by atoms with Crippen molar-refractivity contribution < 1.29 is 14.0 Å². The molecule has 1 N–H and O–H groups in total. The minimum Gasteiger partial charge on any atom is -0.322 e. The number of para-hydroxylation sites is 1. The van der Waals surface area contributed by atoms with E-state index in [-0.39, 0.29) is 35.7 Å². The number of hydrogen-bond donors (Lipinski definition) is 1. The van der Waals surface area contributed by atoms with Gasteiger partial charge in [0.05, 0.1) is 17.6 Å². The van der Waals surface area contributed by atoms with Crippen LogP contribution >= 0.6 is 0 Å². The first-order chi connectivity index (χ1) is 16.5. The number of ketones is 1. The summed E-state index contributed by atoms with van der Waals surface area (Å²) in [4.78, 5) is 50.3. The third-order valence-electron chi connectivity index (χ3n) is 5.76. The number of halogens is 1. The number of nitrogens with zero attached hydrogens (tertiary/aromatic N) is 4. The van der Waals surface area contributed by atoms with Crippen molar-refractivity contribution in [1.82, 2.24) is 4.57 Å². The fourth-order valence-electron chi connectivity index (χ4n) is 4.30. The van der Waals surface area contributed by atoms with Crippen LogP contribution in [-0.2, 0) is 6.42 Å². The lowest BCUT2D eigenvalue weighted by atomic mass is 9.90. The van der Waals surface area contributed by atoms with E-state index in [1.54, 1.807) is 29.2 Å². The van der Waals surface area contributed by atoms with Crippen LogP contribution in [-0.4, -0.2) is 35.6 Å². The molecule has 1 amide bonds. The fraction of sp³-hybridized carbons (Fsp3) is 0.160. The number of Topliss-reactive ketones (excluding diaryl/α,β-unsaturated/α-hetero) is 1. The third kappa shape index (κ3) is 3.81. The Kier molecular flexibility index (Phi) is 5.59. The quantitative estimate of drug-likeness (QED) is 0.648. The molecule has 1 aromatic heterocycles. The summed E-state index contributed by atoms with van der Waals surface area (Å²) in [7, 11) is 0. The summed E-state index contributed by atoms with van der Waals surface area (Å²) < 4.78 is 15.0. The maximum atomic E-state index is 13.9. The smallest absolute Gasteiger partial charge is 0.270 e. The maximum Gasteiger partial charge on any atom is 0.270 e. The summed E-state index contributed by atoms with van der Waals surface area (Å²) in [5.41, 5.74) is 1.04. The number of nitrogens with one attached hydrogen (secondary N) is 1. The van der Waals surface area contributed by atoms with Crippen LogP contribution in [0.4, 0.5) is 15.8 Å². The lowest BCUT2D eigenvalue weighted by molar-refractivity contribution is 0.0971. The van der Waals surface area contributed by atoms with Crippen molar-refractivity contribution in [2.75, 3.05) is 16.9 Å². The van der Waals surface area contributed by atoms with Crippen molar-refractivity contribution in [3.05, 3.63) is 87.6 Å². The molecule has 3 aromatic rings. The van der Waals surface area contributed by atoms with Gasteiger partial charge in [-0.25, -0.2) is 9.38 Å². The fourth-order valence-corrected chi connectivity index (χ4v) is 4.30. The first-order valence-corrected chi connectivity index (χ1v) is 10.8. The number of carbonyl (C=O) groups excluding carboxylic acids is 2. The second-order valence-electron chi connectivity index (χ2n) is 7.93. The maximum absolute atomic E-state index is 13.9. The molecule has 2 aliphatic rings.